The second kappa shape index (κ2) is 24.1. The number of fused-ring (bicyclic) bond motifs is 3. The Morgan fingerprint density at radius 1 is 0.500 bits per heavy atom. The molecule has 0 atom stereocenters. The predicted molar refractivity (Wildman–Crippen MR) is 341 cm³/mol. The summed E-state index contributed by atoms with van der Waals surface area (Å²) in [5, 5.41) is 4.92. The highest BCUT2D eigenvalue weighted by atomic mass is 32.1. The van der Waals surface area contributed by atoms with E-state index >= 15 is 0 Å². The molecule has 11 aromatic rings. The highest BCUT2D eigenvalue weighted by Gasteiger charge is 2.23. The van der Waals surface area contributed by atoms with E-state index in [4.69, 9.17) is 4.98 Å². The van der Waals surface area contributed by atoms with Gasteiger partial charge in [-0.1, -0.05) is 204 Å². The Bertz CT molecular complexity index is 4020. The molecule has 12 rings (SSSR count). The van der Waals surface area contributed by atoms with Crippen molar-refractivity contribution < 1.29 is 0 Å². The molecule has 1 heterocycles. The van der Waals surface area contributed by atoms with E-state index in [9.17, 15) is 0 Å². The molecule has 4 heteroatoms. The summed E-state index contributed by atoms with van der Waals surface area (Å²) in [6.07, 6.45) is 14.8. The molecule has 0 amide bonds. The van der Waals surface area contributed by atoms with Crippen LogP contribution in [0.3, 0.4) is 0 Å². The molecule has 0 aliphatic heterocycles. The average molecular weight is 1030 g/mol. The lowest BCUT2D eigenvalue weighted by Gasteiger charge is -2.28. The van der Waals surface area contributed by atoms with Gasteiger partial charge in [0.05, 0.1) is 17.6 Å². The molecule has 78 heavy (non-hydrogen) atoms. The number of anilines is 2. The van der Waals surface area contributed by atoms with Gasteiger partial charge in [0.15, 0.2) is 0 Å². The number of para-hydroxylation sites is 2. The lowest BCUT2D eigenvalue weighted by atomic mass is 9.83. The third kappa shape index (κ3) is 10.7. The fourth-order valence-corrected chi connectivity index (χ4v) is 11.1. The molecule has 0 spiro atoms. The summed E-state index contributed by atoms with van der Waals surface area (Å²) in [4.78, 5) is 7.86. The summed E-state index contributed by atoms with van der Waals surface area (Å²) in [6.45, 7) is 11.7. The zero-order valence-electron chi connectivity index (χ0n) is 45.5. The Morgan fingerprint density at radius 2 is 1.05 bits per heavy atom. The Labute approximate surface area is 468 Å². The monoisotopic (exact) mass is 1030 g/mol. The second-order valence-corrected chi connectivity index (χ2v) is 20.2. The Morgan fingerprint density at radius 3 is 1.64 bits per heavy atom. The molecule has 0 radical (unpaired) electrons. The van der Waals surface area contributed by atoms with Crippen molar-refractivity contribution in [3.8, 4) is 61.6 Å². The van der Waals surface area contributed by atoms with E-state index in [2.05, 4.69) is 280 Å². The number of unbranched alkanes of at least 4 members (excludes halogenated alkanes) is 1. The van der Waals surface area contributed by atoms with Crippen LogP contribution in [0.15, 0.2) is 254 Å². The van der Waals surface area contributed by atoms with Crippen LogP contribution in [0.5, 0.6) is 0 Å². The molecule has 384 valence electrons. The van der Waals surface area contributed by atoms with Crippen molar-refractivity contribution in [1.29, 1.82) is 0 Å². The summed E-state index contributed by atoms with van der Waals surface area (Å²) in [5.41, 5.74) is 24.8. The van der Waals surface area contributed by atoms with Gasteiger partial charge in [0, 0.05) is 28.2 Å². The van der Waals surface area contributed by atoms with E-state index in [0.717, 1.165) is 58.6 Å². The van der Waals surface area contributed by atoms with Crippen molar-refractivity contribution in [2.45, 2.75) is 60.3 Å². The first-order valence-electron chi connectivity index (χ1n) is 27.5. The number of rotatable bonds is 13. The van der Waals surface area contributed by atoms with Gasteiger partial charge in [-0.15, -0.1) is 5.73 Å². The normalized spacial score (nSPS) is 11.8. The van der Waals surface area contributed by atoms with Gasteiger partial charge in [-0.2, -0.15) is 13.5 Å². The van der Waals surface area contributed by atoms with Crippen molar-refractivity contribution in [2.24, 2.45) is 0 Å². The lowest BCUT2D eigenvalue weighted by molar-refractivity contribution is 0.796. The standard InChI is InChI=1S/C71H57N3.C3H8.H2S/c1-4-5-27-55-46-68-66(72-71(54-32-19-10-20-33-54)74(68)59-36-23-12-24-37-59)47-63(55)57-39-41-61-65(45-57)70(53-30-17-9-18-31-53)60-40-38-56(44-64(60)69(61)52-28-15-8-16-29-52)62-42-50(3)67(43-49(62)2)73(58-34-21-11-22-35-58)48-51-25-13-6-7-14-26-51;1-3-2;/h6-25,28-47H,4-5,27,48H2,1-3H3;3H2,1-2H3;1H2. The molecule has 0 unspecified atom stereocenters. The quantitative estimate of drug-likeness (QED) is 0.0848. The van der Waals surface area contributed by atoms with E-state index in [-0.39, 0.29) is 13.5 Å². The molecule has 3 nitrogen and oxygen atoms in total. The van der Waals surface area contributed by atoms with Gasteiger partial charge in [0.2, 0.25) is 0 Å². The smallest absolute Gasteiger partial charge is 0.145 e. The first kappa shape index (κ1) is 52.8. The van der Waals surface area contributed by atoms with E-state index < -0.39 is 0 Å². The SMILES string of the molecule is CCC.CCCCc1cc2c(cc1-c1ccc3c(-c4ccccc4)c4cc(-c5cc(C)c(N(CC6=C=CC=CC=C6)c6ccccc6)cc5C)ccc4c(-c4ccccc4)c3c1)nc(-c1ccccc1)n2-c1ccccc1.S. The summed E-state index contributed by atoms with van der Waals surface area (Å²) >= 11 is 0. The molecule has 0 fully saturated rings. The van der Waals surface area contributed by atoms with Gasteiger partial charge < -0.3 is 4.90 Å². The third-order valence-corrected chi connectivity index (χ3v) is 14.7. The van der Waals surface area contributed by atoms with Crippen LogP contribution >= 0.6 is 13.5 Å². The zero-order chi connectivity index (χ0) is 52.7. The summed E-state index contributed by atoms with van der Waals surface area (Å²) in [6, 6.07) is 78.0. The fourth-order valence-electron chi connectivity index (χ4n) is 11.1. The molecule has 0 bridgehead atoms. The number of allylic oxidation sites excluding steroid dienone is 3. The maximum Gasteiger partial charge on any atom is 0.145 e. The second-order valence-electron chi connectivity index (χ2n) is 20.2. The Balaban J connectivity index is 0.00000168. The van der Waals surface area contributed by atoms with Crippen molar-refractivity contribution in [3.05, 3.63) is 271 Å². The molecule has 1 aliphatic carbocycles. The number of hydrogen-bond donors (Lipinski definition) is 0. The Hall–Kier alpha value is -8.66. The summed E-state index contributed by atoms with van der Waals surface area (Å²) in [7, 11) is 0. The van der Waals surface area contributed by atoms with Gasteiger partial charge >= 0.3 is 0 Å². The topological polar surface area (TPSA) is 21.1 Å². The van der Waals surface area contributed by atoms with Crippen LogP contribution in [-0.4, -0.2) is 16.1 Å². The van der Waals surface area contributed by atoms with Crippen LogP contribution in [-0.2, 0) is 6.42 Å². The zero-order valence-corrected chi connectivity index (χ0v) is 46.5. The van der Waals surface area contributed by atoms with E-state index in [1.165, 1.54) is 94.9 Å². The van der Waals surface area contributed by atoms with E-state index in [1.54, 1.807) is 0 Å². The summed E-state index contributed by atoms with van der Waals surface area (Å²) in [5.74, 6) is 0.945. The van der Waals surface area contributed by atoms with E-state index in [0.29, 0.717) is 6.54 Å². The number of nitrogens with zero attached hydrogens (tertiary/aromatic N) is 3. The average Bonchev–Trinajstić information content (AvgIpc) is 3.83. The van der Waals surface area contributed by atoms with Crippen molar-refractivity contribution in [2.75, 3.05) is 11.4 Å². The fraction of sp³-hybridized carbons (Fsp3) is 0.135. The number of aryl methyl sites for hydroxylation is 3. The predicted octanol–water partition coefficient (Wildman–Crippen LogP) is 20.5. The van der Waals surface area contributed by atoms with Crippen molar-refractivity contribution in [3.63, 3.8) is 0 Å². The van der Waals surface area contributed by atoms with E-state index in [1.807, 2.05) is 12.2 Å². The Kier molecular flexibility index (Phi) is 16.3. The van der Waals surface area contributed by atoms with Crippen molar-refractivity contribution in [1.82, 2.24) is 9.55 Å². The van der Waals surface area contributed by atoms with Crippen molar-refractivity contribution >= 4 is 57.4 Å². The molecule has 10 aromatic carbocycles. The largest absolute Gasteiger partial charge is 0.336 e. The van der Waals surface area contributed by atoms with Gasteiger partial charge in [0.25, 0.3) is 0 Å². The maximum absolute atomic E-state index is 5.44. The number of benzene rings is 10. The molecular weight excluding hydrogens is 963 g/mol. The minimum atomic E-state index is 0. The van der Waals surface area contributed by atoms with Crippen LogP contribution in [0, 0.1) is 13.8 Å². The molecule has 1 aliphatic rings. The first-order chi connectivity index (χ1) is 37.9. The minimum absolute atomic E-state index is 0. The minimum Gasteiger partial charge on any atom is -0.336 e. The molecule has 0 saturated heterocycles. The number of aromatic nitrogens is 2. The maximum atomic E-state index is 5.44. The van der Waals surface area contributed by atoms with Crippen LogP contribution in [0.2, 0.25) is 0 Å². The van der Waals surface area contributed by atoms with Crippen LogP contribution in [0.25, 0.3) is 94.2 Å². The van der Waals surface area contributed by atoms with Gasteiger partial charge in [0.1, 0.15) is 5.82 Å². The first-order valence-corrected chi connectivity index (χ1v) is 27.5. The highest BCUT2D eigenvalue weighted by Crippen LogP contribution is 2.47. The van der Waals surface area contributed by atoms with Crippen LogP contribution < -0.4 is 4.90 Å². The highest BCUT2D eigenvalue weighted by molar-refractivity contribution is 7.59. The summed E-state index contributed by atoms with van der Waals surface area (Å²) < 4.78 is 2.34. The molecular formula is C74H67N3S. The van der Waals surface area contributed by atoms with Crippen LogP contribution in [0.1, 0.15) is 56.7 Å². The number of hydrogen-bond acceptors (Lipinski definition) is 2. The third-order valence-electron chi connectivity index (χ3n) is 14.7. The van der Waals surface area contributed by atoms with Crippen LogP contribution in [0.4, 0.5) is 11.4 Å². The molecule has 1 aromatic heterocycles. The number of imidazole rings is 1. The van der Waals surface area contributed by atoms with Gasteiger partial charge in [-0.05, 0) is 182 Å². The molecule has 0 N–H and O–H groups in total. The van der Waals surface area contributed by atoms with Gasteiger partial charge in [-0.25, -0.2) is 4.98 Å². The van der Waals surface area contributed by atoms with Gasteiger partial charge in [-0.3, -0.25) is 4.57 Å². The molecule has 0 saturated carbocycles. The lowest BCUT2D eigenvalue weighted by Crippen LogP contribution is -2.20.